The number of hydrogen-bond donors (Lipinski definition) is 0. The van der Waals surface area contributed by atoms with Gasteiger partial charge in [-0.15, -0.1) is 11.3 Å². The van der Waals surface area contributed by atoms with Gasteiger partial charge in [-0.2, -0.15) is 0 Å². The molecule has 0 N–H and O–H groups in total. The van der Waals surface area contributed by atoms with Crippen LogP contribution in [0.2, 0.25) is 0 Å². The Morgan fingerprint density at radius 3 is 2.39 bits per heavy atom. The minimum atomic E-state index is -0.0843. The molecule has 2 aliphatic rings. The van der Waals surface area contributed by atoms with Gasteiger partial charge >= 0.3 is 0 Å². The fourth-order valence-electron chi connectivity index (χ4n) is 4.45. The van der Waals surface area contributed by atoms with E-state index >= 15 is 0 Å². The summed E-state index contributed by atoms with van der Waals surface area (Å²) < 4.78 is 0. The molecule has 0 saturated heterocycles. The van der Waals surface area contributed by atoms with Crippen LogP contribution in [0.4, 0.5) is 0 Å². The van der Waals surface area contributed by atoms with Gasteiger partial charge in [0.2, 0.25) is 11.8 Å². The van der Waals surface area contributed by atoms with E-state index in [2.05, 4.69) is 56.5 Å². The second-order valence-electron chi connectivity index (χ2n) is 10.3. The van der Waals surface area contributed by atoms with Crippen molar-refractivity contribution < 1.29 is 9.59 Å². The maximum absolute atomic E-state index is 13.5. The molecule has 5 heteroatoms. The van der Waals surface area contributed by atoms with Crippen molar-refractivity contribution in [3.63, 3.8) is 0 Å². The van der Waals surface area contributed by atoms with Crippen LogP contribution in [0.15, 0.2) is 35.7 Å². The number of rotatable bonds is 5. The molecule has 1 aliphatic carbocycles. The summed E-state index contributed by atoms with van der Waals surface area (Å²) in [5.41, 5.74) is 3.77. The highest BCUT2D eigenvalue weighted by molar-refractivity contribution is 7.10. The van der Waals surface area contributed by atoms with E-state index in [9.17, 15) is 9.59 Å². The number of hydrogen-bond acceptors (Lipinski definition) is 3. The molecule has 0 radical (unpaired) electrons. The maximum atomic E-state index is 13.5. The lowest BCUT2D eigenvalue weighted by atomic mass is 9.85. The number of nitrogens with zero attached hydrogens (tertiary/aromatic N) is 2. The molecular formula is C26H34N2O2S. The van der Waals surface area contributed by atoms with Crippen molar-refractivity contribution in [3.05, 3.63) is 57.3 Å². The second-order valence-corrected chi connectivity index (χ2v) is 11.3. The van der Waals surface area contributed by atoms with Crippen LogP contribution in [0.3, 0.4) is 0 Å². The van der Waals surface area contributed by atoms with Crippen molar-refractivity contribution in [2.75, 3.05) is 13.1 Å². The standard InChI is InChI=1S/C26H34N2O2S/c1-17(2)25(30)28(20-10-11-20)16-23(29)27-14-12-22-21(13-15-31-22)24(27)18-6-8-19(9-7-18)26(3,4)5/h6-9,13,15,17,20,24H,10-12,14,16H2,1-5H3. The van der Waals surface area contributed by atoms with Gasteiger partial charge in [-0.25, -0.2) is 0 Å². The summed E-state index contributed by atoms with van der Waals surface area (Å²) in [5.74, 6) is 0.0665. The van der Waals surface area contributed by atoms with Gasteiger partial charge in [0.15, 0.2) is 0 Å². The number of thiophene rings is 1. The van der Waals surface area contributed by atoms with Crippen LogP contribution in [0, 0.1) is 5.92 Å². The Morgan fingerprint density at radius 1 is 1.13 bits per heavy atom. The molecule has 1 aromatic heterocycles. The van der Waals surface area contributed by atoms with E-state index in [0.717, 1.165) is 24.8 Å². The maximum Gasteiger partial charge on any atom is 0.243 e. The number of carbonyl (C=O) groups is 2. The molecule has 31 heavy (non-hydrogen) atoms. The minimum Gasteiger partial charge on any atom is -0.330 e. The quantitative estimate of drug-likeness (QED) is 0.646. The van der Waals surface area contributed by atoms with Crippen molar-refractivity contribution in [3.8, 4) is 0 Å². The normalized spacial score (nSPS) is 18.8. The lowest BCUT2D eigenvalue weighted by Gasteiger charge is -2.38. The number of carbonyl (C=O) groups excluding carboxylic acids is 2. The van der Waals surface area contributed by atoms with Gasteiger partial charge in [0.1, 0.15) is 6.54 Å². The van der Waals surface area contributed by atoms with Gasteiger partial charge in [0.05, 0.1) is 6.04 Å². The monoisotopic (exact) mass is 438 g/mol. The van der Waals surface area contributed by atoms with Gasteiger partial charge in [-0.1, -0.05) is 58.9 Å². The number of amides is 2. The van der Waals surface area contributed by atoms with E-state index in [1.54, 1.807) is 11.3 Å². The largest absolute Gasteiger partial charge is 0.330 e. The summed E-state index contributed by atoms with van der Waals surface area (Å²) in [5, 5.41) is 2.13. The summed E-state index contributed by atoms with van der Waals surface area (Å²) in [6.07, 6.45) is 2.91. The Hall–Kier alpha value is -2.14. The Kier molecular flexibility index (Phi) is 5.99. The van der Waals surface area contributed by atoms with Crippen LogP contribution >= 0.6 is 11.3 Å². The molecule has 2 amide bonds. The average Bonchev–Trinajstić information content (AvgIpc) is 3.46. The molecule has 1 unspecified atom stereocenters. The highest BCUT2D eigenvalue weighted by Gasteiger charge is 2.38. The van der Waals surface area contributed by atoms with Gasteiger partial charge in [-0.3, -0.25) is 9.59 Å². The molecule has 4 nitrogen and oxygen atoms in total. The van der Waals surface area contributed by atoms with E-state index in [1.165, 1.54) is 16.0 Å². The Labute approximate surface area is 190 Å². The average molecular weight is 439 g/mol. The lowest BCUT2D eigenvalue weighted by molar-refractivity contribution is -0.144. The van der Waals surface area contributed by atoms with Crippen molar-refractivity contribution >= 4 is 23.2 Å². The fraction of sp³-hybridized carbons (Fsp3) is 0.538. The first kappa shape index (κ1) is 22.1. The zero-order chi connectivity index (χ0) is 22.3. The Bertz CT molecular complexity index is 951. The highest BCUT2D eigenvalue weighted by Crippen LogP contribution is 2.39. The molecule has 166 valence electrons. The molecule has 1 fully saturated rings. The molecule has 2 heterocycles. The Balaban J connectivity index is 1.63. The minimum absolute atomic E-state index is 0.0580. The first-order chi connectivity index (χ1) is 14.7. The predicted molar refractivity (Wildman–Crippen MR) is 126 cm³/mol. The van der Waals surface area contributed by atoms with Crippen LogP contribution in [0.25, 0.3) is 0 Å². The fourth-order valence-corrected chi connectivity index (χ4v) is 5.36. The third-order valence-corrected chi connectivity index (χ3v) is 7.45. The van der Waals surface area contributed by atoms with Crippen LogP contribution in [0.5, 0.6) is 0 Å². The van der Waals surface area contributed by atoms with Crippen molar-refractivity contribution in [2.24, 2.45) is 5.92 Å². The summed E-state index contributed by atoms with van der Waals surface area (Å²) in [6.45, 7) is 11.4. The molecule has 4 rings (SSSR count). The molecule has 0 spiro atoms. The summed E-state index contributed by atoms with van der Waals surface area (Å²) in [6, 6.07) is 11.1. The molecule has 1 aliphatic heterocycles. The summed E-state index contributed by atoms with van der Waals surface area (Å²) in [4.78, 5) is 31.5. The van der Waals surface area contributed by atoms with E-state index in [1.807, 2.05) is 23.6 Å². The molecule has 1 aromatic carbocycles. The first-order valence-electron chi connectivity index (χ1n) is 11.4. The van der Waals surface area contributed by atoms with Crippen molar-refractivity contribution in [1.82, 2.24) is 9.80 Å². The van der Waals surface area contributed by atoms with Crippen LogP contribution in [-0.4, -0.2) is 40.7 Å². The van der Waals surface area contributed by atoms with Gasteiger partial charge in [0, 0.05) is 23.4 Å². The number of fused-ring (bicyclic) bond motifs is 1. The summed E-state index contributed by atoms with van der Waals surface area (Å²) >= 11 is 1.78. The SMILES string of the molecule is CC(C)C(=O)N(CC(=O)N1CCc2sccc2C1c1ccc(C(C)(C)C)cc1)C1CC1. The molecule has 1 atom stereocenters. The third kappa shape index (κ3) is 4.57. The van der Waals surface area contributed by atoms with Gasteiger partial charge < -0.3 is 9.80 Å². The summed E-state index contributed by atoms with van der Waals surface area (Å²) in [7, 11) is 0. The van der Waals surface area contributed by atoms with Gasteiger partial charge in [-0.05, 0) is 52.8 Å². The lowest BCUT2D eigenvalue weighted by Crippen LogP contribution is -2.48. The molecule has 0 bridgehead atoms. The van der Waals surface area contributed by atoms with E-state index < -0.39 is 0 Å². The topological polar surface area (TPSA) is 40.6 Å². The number of benzene rings is 1. The van der Waals surface area contributed by atoms with Crippen LogP contribution in [0.1, 0.15) is 75.1 Å². The van der Waals surface area contributed by atoms with E-state index in [4.69, 9.17) is 0 Å². The smallest absolute Gasteiger partial charge is 0.243 e. The predicted octanol–water partition coefficient (Wildman–Crippen LogP) is 5.17. The van der Waals surface area contributed by atoms with Crippen LogP contribution in [-0.2, 0) is 21.4 Å². The van der Waals surface area contributed by atoms with Crippen molar-refractivity contribution in [2.45, 2.75) is 71.4 Å². The zero-order valence-corrected chi connectivity index (χ0v) is 20.2. The zero-order valence-electron chi connectivity index (χ0n) is 19.4. The van der Waals surface area contributed by atoms with E-state index in [0.29, 0.717) is 6.54 Å². The molecule has 1 saturated carbocycles. The Morgan fingerprint density at radius 2 is 1.81 bits per heavy atom. The second kappa shape index (κ2) is 8.42. The van der Waals surface area contributed by atoms with Crippen LogP contribution < -0.4 is 0 Å². The first-order valence-corrected chi connectivity index (χ1v) is 12.3. The van der Waals surface area contributed by atoms with E-state index in [-0.39, 0.29) is 41.8 Å². The van der Waals surface area contributed by atoms with Crippen molar-refractivity contribution in [1.29, 1.82) is 0 Å². The highest BCUT2D eigenvalue weighted by atomic mass is 32.1. The van der Waals surface area contributed by atoms with Gasteiger partial charge in [0.25, 0.3) is 0 Å². The molecular weight excluding hydrogens is 404 g/mol. The third-order valence-electron chi connectivity index (χ3n) is 6.45. The molecule has 2 aromatic rings.